The molecule has 0 radical (unpaired) electrons. The maximum atomic E-state index is 13.6. The van der Waals surface area contributed by atoms with Gasteiger partial charge in [-0.15, -0.1) is 0 Å². The van der Waals surface area contributed by atoms with Crippen molar-refractivity contribution in [2.45, 2.75) is 13.3 Å². The van der Waals surface area contributed by atoms with Crippen molar-refractivity contribution in [2.75, 3.05) is 42.9 Å². The average molecular weight is 416 g/mol. The van der Waals surface area contributed by atoms with Crippen LogP contribution in [0.4, 0.5) is 15.8 Å². The molecule has 1 saturated heterocycles. The van der Waals surface area contributed by atoms with Crippen LogP contribution in [0, 0.1) is 12.7 Å². The number of rotatable bonds is 5. The number of benzene rings is 2. The maximum absolute atomic E-state index is 13.6. The topological polar surface area (TPSA) is 59.6 Å². The molecule has 3 N–H and O–H groups in total. The van der Waals surface area contributed by atoms with E-state index in [1.165, 1.54) is 11.8 Å². The third-order valence-corrected chi connectivity index (χ3v) is 5.10. The lowest BCUT2D eigenvalue weighted by Crippen LogP contribution is -2.48. The number of nitrogens with one attached hydrogen (secondary N) is 3. The van der Waals surface area contributed by atoms with Gasteiger partial charge in [-0.2, -0.15) is 0 Å². The highest BCUT2D eigenvalue weighted by atomic mass is 32.1. The van der Waals surface area contributed by atoms with Gasteiger partial charge in [-0.3, -0.25) is 20.5 Å². The standard InChI is InChI=1S/C21H26FN5OS/c1-16-7-8-17(15-19(16)22)23-21(29)25-24-20(28)9-10-26-11-13-27(14-12-26)18-5-3-2-4-6-18/h2-8,15H,9-14H2,1H3,(H,24,28)(H2,23,25,29). The summed E-state index contributed by atoms with van der Waals surface area (Å²) in [6, 6.07) is 15.1. The number of carbonyl (C=O) groups excluding carboxylic acids is 1. The molecule has 1 aliphatic rings. The summed E-state index contributed by atoms with van der Waals surface area (Å²) in [6.07, 6.45) is 0.375. The molecule has 8 heteroatoms. The second kappa shape index (κ2) is 10.2. The molecule has 0 aliphatic carbocycles. The van der Waals surface area contributed by atoms with E-state index in [1.807, 2.05) is 18.2 Å². The summed E-state index contributed by atoms with van der Waals surface area (Å²) in [4.78, 5) is 16.7. The van der Waals surface area contributed by atoms with Crippen molar-refractivity contribution < 1.29 is 9.18 Å². The third kappa shape index (κ3) is 6.40. The first-order valence-electron chi connectivity index (χ1n) is 9.65. The SMILES string of the molecule is Cc1ccc(NC(=S)NNC(=O)CCN2CCN(c3ccccc3)CC2)cc1F. The van der Waals surface area contributed by atoms with Gasteiger partial charge in [0.2, 0.25) is 5.91 Å². The van der Waals surface area contributed by atoms with Crippen LogP contribution in [0.3, 0.4) is 0 Å². The van der Waals surface area contributed by atoms with Gasteiger partial charge < -0.3 is 10.2 Å². The number of piperazine rings is 1. The Hall–Kier alpha value is -2.71. The van der Waals surface area contributed by atoms with Gasteiger partial charge in [-0.25, -0.2) is 4.39 Å². The van der Waals surface area contributed by atoms with Crippen molar-refractivity contribution in [2.24, 2.45) is 0 Å². The lowest BCUT2D eigenvalue weighted by Gasteiger charge is -2.36. The Balaban J connectivity index is 1.33. The van der Waals surface area contributed by atoms with Crippen LogP contribution in [0.2, 0.25) is 0 Å². The van der Waals surface area contributed by atoms with Gasteiger partial charge in [0.15, 0.2) is 5.11 Å². The minimum atomic E-state index is -0.311. The third-order valence-electron chi connectivity index (χ3n) is 4.89. The number of halogens is 1. The van der Waals surface area contributed by atoms with Crippen LogP contribution in [-0.2, 0) is 4.79 Å². The van der Waals surface area contributed by atoms with Crippen molar-refractivity contribution in [1.82, 2.24) is 15.8 Å². The molecule has 2 aromatic carbocycles. The molecule has 1 heterocycles. The number of hydrogen-bond acceptors (Lipinski definition) is 4. The zero-order chi connectivity index (χ0) is 20.6. The van der Waals surface area contributed by atoms with Crippen LogP contribution >= 0.6 is 12.2 Å². The molecule has 1 amide bonds. The summed E-state index contributed by atoms with van der Waals surface area (Å²) in [6.45, 7) is 6.13. The lowest BCUT2D eigenvalue weighted by atomic mass is 10.2. The van der Waals surface area contributed by atoms with E-state index in [0.29, 0.717) is 24.2 Å². The fourth-order valence-electron chi connectivity index (χ4n) is 3.15. The van der Waals surface area contributed by atoms with Gasteiger partial charge in [0.1, 0.15) is 5.82 Å². The van der Waals surface area contributed by atoms with Gasteiger partial charge >= 0.3 is 0 Å². The second-order valence-electron chi connectivity index (χ2n) is 7.01. The second-order valence-corrected chi connectivity index (χ2v) is 7.41. The lowest BCUT2D eigenvalue weighted by molar-refractivity contribution is -0.122. The van der Waals surface area contributed by atoms with Crippen LogP contribution < -0.4 is 21.1 Å². The number of para-hydroxylation sites is 1. The van der Waals surface area contributed by atoms with Crippen molar-refractivity contribution in [3.63, 3.8) is 0 Å². The van der Waals surface area contributed by atoms with E-state index in [4.69, 9.17) is 12.2 Å². The van der Waals surface area contributed by atoms with Crippen molar-refractivity contribution >= 4 is 34.6 Å². The Labute approximate surface area is 176 Å². The first-order chi connectivity index (χ1) is 14.0. The van der Waals surface area contributed by atoms with Crippen LogP contribution in [-0.4, -0.2) is 48.6 Å². The summed E-state index contributed by atoms with van der Waals surface area (Å²) in [5.74, 6) is -0.455. The van der Waals surface area contributed by atoms with Crippen LogP contribution in [0.15, 0.2) is 48.5 Å². The number of nitrogens with zero attached hydrogens (tertiary/aromatic N) is 2. The average Bonchev–Trinajstić information content (AvgIpc) is 2.74. The number of thiocarbonyl (C=S) groups is 1. The molecule has 0 aromatic heterocycles. The highest BCUT2D eigenvalue weighted by Crippen LogP contribution is 2.15. The quantitative estimate of drug-likeness (QED) is 0.516. The van der Waals surface area contributed by atoms with Crippen molar-refractivity contribution in [1.29, 1.82) is 0 Å². The molecule has 29 heavy (non-hydrogen) atoms. The Morgan fingerprint density at radius 3 is 2.48 bits per heavy atom. The maximum Gasteiger partial charge on any atom is 0.239 e. The normalized spacial score (nSPS) is 14.3. The van der Waals surface area contributed by atoms with Gasteiger partial charge in [0.25, 0.3) is 0 Å². The Bertz CT molecular complexity index is 840. The minimum Gasteiger partial charge on any atom is -0.369 e. The smallest absolute Gasteiger partial charge is 0.239 e. The zero-order valence-electron chi connectivity index (χ0n) is 16.5. The molecule has 0 spiro atoms. The van der Waals surface area contributed by atoms with E-state index in [1.54, 1.807) is 19.1 Å². The molecule has 3 rings (SSSR count). The predicted molar refractivity (Wildman–Crippen MR) is 118 cm³/mol. The van der Waals surface area contributed by atoms with Gasteiger partial charge in [0, 0.05) is 50.5 Å². The zero-order valence-corrected chi connectivity index (χ0v) is 17.3. The summed E-state index contributed by atoms with van der Waals surface area (Å²) in [5.41, 5.74) is 7.56. The highest BCUT2D eigenvalue weighted by molar-refractivity contribution is 7.80. The molecule has 2 aromatic rings. The molecule has 1 fully saturated rings. The van der Waals surface area contributed by atoms with Crippen molar-refractivity contribution in [3.8, 4) is 0 Å². The number of amides is 1. The van der Waals surface area contributed by atoms with E-state index < -0.39 is 0 Å². The monoisotopic (exact) mass is 415 g/mol. The van der Waals surface area contributed by atoms with E-state index in [2.05, 4.69) is 38.1 Å². The van der Waals surface area contributed by atoms with Gasteiger partial charge in [-0.1, -0.05) is 24.3 Å². The molecule has 6 nitrogen and oxygen atoms in total. The van der Waals surface area contributed by atoms with E-state index in [-0.39, 0.29) is 16.8 Å². The highest BCUT2D eigenvalue weighted by Gasteiger charge is 2.17. The van der Waals surface area contributed by atoms with Crippen molar-refractivity contribution in [3.05, 3.63) is 59.9 Å². The number of carbonyl (C=O) groups is 1. The van der Waals surface area contributed by atoms with E-state index >= 15 is 0 Å². The molecule has 1 aliphatic heterocycles. The first kappa shape index (κ1) is 21.0. The molecular weight excluding hydrogens is 389 g/mol. The number of hydrogen-bond donors (Lipinski definition) is 3. The van der Waals surface area contributed by atoms with Crippen LogP contribution in [0.25, 0.3) is 0 Å². The Kier molecular flexibility index (Phi) is 7.37. The van der Waals surface area contributed by atoms with Crippen LogP contribution in [0.5, 0.6) is 0 Å². The number of aryl methyl sites for hydroxylation is 1. The fraction of sp³-hybridized carbons (Fsp3) is 0.333. The number of hydrazine groups is 1. The van der Waals surface area contributed by atoms with Gasteiger partial charge in [0.05, 0.1) is 0 Å². The molecular formula is C21H26FN5OS. The Morgan fingerprint density at radius 1 is 1.07 bits per heavy atom. The predicted octanol–water partition coefficient (Wildman–Crippen LogP) is 2.66. The molecule has 0 saturated carbocycles. The summed E-state index contributed by atoms with van der Waals surface area (Å²) in [7, 11) is 0. The fourth-order valence-corrected chi connectivity index (χ4v) is 3.32. The number of anilines is 2. The summed E-state index contributed by atoms with van der Waals surface area (Å²) in [5, 5.41) is 3.05. The van der Waals surface area contributed by atoms with E-state index in [0.717, 1.165) is 26.2 Å². The largest absolute Gasteiger partial charge is 0.369 e. The summed E-state index contributed by atoms with van der Waals surface area (Å²) >= 11 is 5.12. The van der Waals surface area contributed by atoms with E-state index in [9.17, 15) is 9.18 Å². The summed E-state index contributed by atoms with van der Waals surface area (Å²) < 4.78 is 13.6. The molecule has 0 unspecified atom stereocenters. The minimum absolute atomic E-state index is 0.144. The molecule has 0 bridgehead atoms. The van der Waals surface area contributed by atoms with Crippen LogP contribution in [0.1, 0.15) is 12.0 Å². The first-order valence-corrected chi connectivity index (χ1v) is 10.1. The Morgan fingerprint density at radius 2 is 1.79 bits per heavy atom. The molecule has 0 atom stereocenters. The molecule has 154 valence electrons. The van der Waals surface area contributed by atoms with Gasteiger partial charge in [-0.05, 0) is 49.0 Å².